The first-order chi connectivity index (χ1) is 14.3. The molecule has 3 rings (SSSR count). The molecule has 31 heavy (non-hydrogen) atoms. The summed E-state index contributed by atoms with van der Waals surface area (Å²) in [5.74, 6) is 1.01. The van der Waals surface area contributed by atoms with E-state index in [4.69, 9.17) is 9.88 Å². The fraction of sp³-hybridized carbons (Fsp3) is 0.381. The summed E-state index contributed by atoms with van der Waals surface area (Å²) in [7, 11) is -2.07. The molecule has 1 fully saturated rings. The molecule has 1 saturated carbocycles. The van der Waals surface area contributed by atoms with Crippen LogP contribution in [0.1, 0.15) is 36.9 Å². The van der Waals surface area contributed by atoms with E-state index < -0.39 is 10.0 Å². The Kier molecular flexibility index (Phi) is 9.07. The molecule has 10 heteroatoms. The fourth-order valence-corrected chi connectivity index (χ4v) is 3.38. The summed E-state index contributed by atoms with van der Waals surface area (Å²) in [5.41, 5.74) is 1.63. The fourth-order valence-electron chi connectivity index (χ4n) is 2.86. The number of ether oxygens (including phenoxy) is 1. The predicted molar refractivity (Wildman–Crippen MR) is 130 cm³/mol. The van der Waals surface area contributed by atoms with Gasteiger partial charge in [0.2, 0.25) is 10.0 Å². The lowest BCUT2D eigenvalue weighted by atomic mass is 10.1. The summed E-state index contributed by atoms with van der Waals surface area (Å²) in [4.78, 5) is 4.25. The topological polar surface area (TPSA) is 106 Å². The number of nitrogens with one attached hydrogen (secondary N) is 2. The lowest BCUT2D eigenvalue weighted by Crippen LogP contribution is -2.38. The van der Waals surface area contributed by atoms with Crippen LogP contribution in [0.5, 0.6) is 5.75 Å². The molecule has 0 bridgehead atoms. The number of primary sulfonamides is 1. The summed E-state index contributed by atoms with van der Waals surface area (Å²) in [6, 6.07) is 11.1. The predicted octanol–water partition coefficient (Wildman–Crippen LogP) is 3.31. The van der Waals surface area contributed by atoms with Crippen LogP contribution in [0, 0.1) is 11.7 Å². The molecular weight excluding hydrogens is 534 g/mol. The number of benzene rings is 2. The number of nitrogens with zero attached hydrogens (tertiary/aromatic N) is 1. The average Bonchev–Trinajstić information content (AvgIpc) is 3.54. The minimum Gasteiger partial charge on any atom is -0.490 e. The smallest absolute Gasteiger partial charge is 0.238 e. The van der Waals surface area contributed by atoms with Crippen LogP contribution in [0.15, 0.2) is 52.4 Å². The SMILES string of the molecule is CN=C(NCc1ccc(S(N)(=O)=O)cc1)NC(C)c1ccc(OCC2CC2)c(F)c1.I. The van der Waals surface area contributed by atoms with Crippen molar-refractivity contribution in [3.8, 4) is 5.75 Å². The van der Waals surface area contributed by atoms with Crippen molar-refractivity contribution in [3.05, 3.63) is 59.4 Å². The van der Waals surface area contributed by atoms with Crippen molar-refractivity contribution in [2.45, 2.75) is 37.2 Å². The van der Waals surface area contributed by atoms with Gasteiger partial charge in [-0.1, -0.05) is 18.2 Å². The second-order valence-corrected chi connectivity index (χ2v) is 8.99. The Morgan fingerprint density at radius 1 is 1.26 bits per heavy atom. The Hall–Kier alpha value is -1.92. The van der Waals surface area contributed by atoms with Gasteiger partial charge < -0.3 is 15.4 Å². The van der Waals surface area contributed by atoms with E-state index in [-0.39, 0.29) is 46.5 Å². The van der Waals surface area contributed by atoms with E-state index >= 15 is 0 Å². The van der Waals surface area contributed by atoms with E-state index in [1.807, 2.05) is 13.0 Å². The monoisotopic (exact) mass is 562 g/mol. The lowest BCUT2D eigenvalue weighted by molar-refractivity contribution is 0.285. The van der Waals surface area contributed by atoms with Gasteiger partial charge in [0.25, 0.3) is 0 Å². The van der Waals surface area contributed by atoms with Crippen LogP contribution in [0.2, 0.25) is 0 Å². The van der Waals surface area contributed by atoms with E-state index in [1.165, 1.54) is 18.2 Å². The molecule has 4 N–H and O–H groups in total. The van der Waals surface area contributed by atoms with Crippen LogP contribution in [0.4, 0.5) is 4.39 Å². The molecule has 0 saturated heterocycles. The van der Waals surface area contributed by atoms with Gasteiger partial charge in [-0.05, 0) is 61.1 Å². The van der Waals surface area contributed by atoms with E-state index in [0.717, 1.165) is 24.0 Å². The third-order valence-electron chi connectivity index (χ3n) is 4.92. The standard InChI is InChI=1S/C21H27FN4O3S.HI/c1-14(17-7-10-20(19(22)11-17)29-13-16-3-4-16)26-21(24-2)25-12-15-5-8-18(9-6-15)30(23,27)28;/h5-11,14,16H,3-4,12-13H2,1-2H3,(H2,23,27,28)(H2,24,25,26);1H. The second-order valence-electron chi connectivity index (χ2n) is 7.42. The minimum atomic E-state index is -3.71. The zero-order valence-corrected chi connectivity index (χ0v) is 20.6. The van der Waals surface area contributed by atoms with Crippen molar-refractivity contribution >= 4 is 40.0 Å². The van der Waals surface area contributed by atoms with Crippen molar-refractivity contribution in [1.29, 1.82) is 0 Å². The third kappa shape index (κ3) is 7.62. The Balaban J connectivity index is 0.00000341. The number of hydrogen-bond donors (Lipinski definition) is 3. The van der Waals surface area contributed by atoms with E-state index in [2.05, 4.69) is 15.6 Å². The molecule has 0 amide bonds. The van der Waals surface area contributed by atoms with Crippen molar-refractivity contribution in [2.24, 2.45) is 16.0 Å². The number of rotatable bonds is 8. The number of nitrogens with two attached hydrogens (primary N) is 1. The number of halogens is 2. The van der Waals surface area contributed by atoms with Crippen LogP contribution in [-0.2, 0) is 16.6 Å². The highest BCUT2D eigenvalue weighted by Crippen LogP contribution is 2.30. The summed E-state index contributed by atoms with van der Waals surface area (Å²) >= 11 is 0. The van der Waals surface area contributed by atoms with Crippen molar-refractivity contribution in [2.75, 3.05) is 13.7 Å². The lowest BCUT2D eigenvalue weighted by Gasteiger charge is -2.19. The molecule has 2 aromatic rings. The first-order valence-electron chi connectivity index (χ1n) is 9.77. The maximum Gasteiger partial charge on any atom is 0.238 e. The van der Waals surface area contributed by atoms with Gasteiger partial charge >= 0.3 is 0 Å². The van der Waals surface area contributed by atoms with Crippen molar-refractivity contribution < 1.29 is 17.5 Å². The highest BCUT2D eigenvalue weighted by molar-refractivity contribution is 14.0. The van der Waals surface area contributed by atoms with Crippen LogP contribution in [-0.4, -0.2) is 28.0 Å². The van der Waals surface area contributed by atoms with Gasteiger partial charge in [-0.15, -0.1) is 24.0 Å². The summed E-state index contributed by atoms with van der Waals surface area (Å²) in [6.07, 6.45) is 2.31. The molecule has 2 aromatic carbocycles. The Bertz CT molecular complexity index is 1010. The van der Waals surface area contributed by atoms with E-state index in [1.54, 1.807) is 25.2 Å². The molecule has 170 valence electrons. The number of hydrogen-bond acceptors (Lipinski definition) is 4. The Labute approximate surface area is 199 Å². The molecule has 1 unspecified atom stereocenters. The van der Waals surface area contributed by atoms with Crippen LogP contribution in [0.25, 0.3) is 0 Å². The molecule has 1 atom stereocenters. The van der Waals surface area contributed by atoms with Gasteiger partial charge in [-0.3, -0.25) is 4.99 Å². The molecule has 0 heterocycles. The van der Waals surface area contributed by atoms with E-state index in [0.29, 0.717) is 25.0 Å². The molecular formula is C21H28FIN4O3S. The molecule has 7 nitrogen and oxygen atoms in total. The summed E-state index contributed by atoms with van der Waals surface area (Å²) in [5, 5.41) is 11.5. The average molecular weight is 562 g/mol. The Morgan fingerprint density at radius 2 is 1.94 bits per heavy atom. The molecule has 0 aromatic heterocycles. The van der Waals surface area contributed by atoms with Gasteiger partial charge in [-0.2, -0.15) is 0 Å². The summed E-state index contributed by atoms with van der Waals surface area (Å²) in [6.45, 7) is 2.91. The molecule has 0 spiro atoms. The molecule has 0 radical (unpaired) electrons. The van der Waals surface area contributed by atoms with Gasteiger partial charge in [0.15, 0.2) is 17.5 Å². The quantitative estimate of drug-likeness (QED) is 0.260. The third-order valence-corrected chi connectivity index (χ3v) is 5.85. The van der Waals surface area contributed by atoms with Gasteiger partial charge in [-0.25, -0.2) is 17.9 Å². The van der Waals surface area contributed by atoms with Crippen LogP contribution >= 0.6 is 24.0 Å². The molecule has 1 aliphatic rings. The van der Waals surface area contributed by atoms with Crippen molar-refractivity contribution in [3.63, 3.8) is 0 Å². The zero-order valence-electron chi connectivity index (χ0n) is 17.5. The molecule has 1 aliphatic carbocycles. The first kappa shape index (κ1) is 25.3. The van der Waals surface area contributed by atoms with Gasteiger partial charge in [0.1, 0.15) is 0 Å². The van der Waals surface area contributed by atoms with E-state index in [9.17, 15) is 12.8 Å². The largest absolute Gasteiger partial charge is 0.490 e. The van der Waals surface area contributed by atoms with Crippen LogP contribution < -0.4 is 20.5 Å². The van der Waals surface area contributed by atoms with Gasteiger partial charge in [0, 0.05) is 13.6 Å². The zero-order chi connectivity index (χ0) is 21.7. The normalized spacial score (nSPS) is 15.0. The highest BCUT2D eigenvalue weighted by atomic mass is 127. The first-order valence-corrected chi connectivity index (χ1v) is 11.3. The molecule has 0 aliphatic heterocycles. The van der Waals surface area contributed by atoms with Crippen molar-refractivity contribution in [1.82, 2.24) is 10.6 Å². The summed E-state index contributed by atoms with van der Waals surface area (Å²) < 4.78 is 42.5. The maximum absolute atomic E-state index is 14.3. The number of guanidine groups is 1. The second kappa shape index (κ2) is 11.1. The van der Waals surface area contributed by atoms with Crippen LogP contribution in [0.3, 0.4) is 0 Å². The number of aliphatic imine (C=N–C) groups is 1. The Morgan fingerprint density at radius 3 is 2.48 bits per heavy atom. The maximum atomic E-state index is 14.3. The minimum absolute atomic E-state index is 0. The number of sulfonamides is 1. The highest BCUT2D eigenvalue weighted by Gasteiger charge is 2.22. The van der Waals surface area contributed by atoms with Gasteiger partial charge in [0.05, 0.1) is 17.5 Å².